The van der Waals surface area contributed by atoms with Crippen molar-refractivity contribution in [3.8, 4) is 34.5 Å². The fourth-order valence-electron chi connectivity index (χ4n) is 3.97. The zero-order chi connectivity index (χ0) is 22.4. The van der Waals surface area contributed by atoms with Gasteiger partial charge in [-0.25, -0.2) is 4.98 Å². The topological polar surface area (TPSA) is 119 Å². The van der Waals surface area contributed by atoms with Crippen LogP contribution in [-0.2, 0) is 9.53 Å². The van der Waals surface area contributed by atoms with Crippen molar-refractivity contribution in [1.29, 1.82) is 0 Å². The number of benzene rings is 2. The Morgan fingerprint density at radius 3 is 2.69 bits per heavy atom. The lowest BCUT2D eigenvalue weighted by Crippen LogP contribution is -2.17. The summed E-state index contributed by atoms with van der Waals surface area (Å²) in [5.74, 6) is -0.495. The number of fused-ring (bicyclic) bond motifs is 4. The van der Waals surface area contributed by atoms with E-state index in [1.165, 1.54) is 31.4 Å². The molecule has 1 atom stereocenters. The van der Waals surface area contributed by atoms with E-state index in [2.05, 4.69) is 4.98 Å². The average molecular weight is 431 g/mol. The van der Waals surface area contributed by atoms with Gasteiger partial charge in [-0.1, -0.05) is 6.07 Å². The molecular formula is C24H17NO7. The molecule has 8 heteroatoms. The number of ether oxygens (including phenoxy) is 2. The van der Waals surface area contributed by atoms with Gasteiger partial charge in [0.15, 0.2) is 5.43 Å². The summed E-state index contributed by atoms with van der Waals surface area (Å²) in [5.41, 5.74) is 1.29. The maximum atomic E-state index is 13.0. The molecule has 0 spiro atoms. The van der Waals surface area contributed by atoms with E-state index < -0.39 is 17.3 Å². The SMILES string of the molecule is COC(=O)C[C@H]1c2cccnc2Oc2cc(O)c3c(=O)cc(-c4ccc(O)cc4)oc3c21. The van der Waals surface area contributed by atoms with Crippen LogP contribution in [0.5, 0.6) is 23.1 Å². The van der Waals surface area contributed by atoms with E-state index in [1.54, 1.807) is 30.5 Å². The van der Waals surface area contributed by atoms with Crippen LogP contribution in [0.4, 0.5) is 0 Å². The number of esters is 1. The van der Waals surface area contributed by atoms with Crippen LogP contribution in [0.1, 0.15) is 23.5 Å². The van der Waals surface area contributed by atoms with Gasteiger partial charge in [-0.2, -0.15) is 0 Å². The van der Waals surface area contributed by atoms with Crippen molar-refractivity contribution in [1.82, 2.24) is 4.98 Å². The van der Waals surface area contributed by atoms with E-state index in [-0.39, 0.29) is 40.4 Å². The highest BCUT2D eigenvalue weighted by atomic mass is 16.5. The van der Waals surface area contributed by atoms with Gasteiger partial charge in [-0.15, -0.1) is 0 Å². The number of carbonyl (C=O) groups excluding carboxylic acids is 1. The van der Waals surface area contributed by atoms with Crippen molar-refractivity contribution in [2.45, 2.75) is 12.3 Å². The number of pyridine rings is 1. The molecule has 1 aliphatic rings. The number of rotatable bonds is 3. The van der Waals surface area contributed by atoms with Crippen LogP contribution < -0.4 is 10.2 Å². The molecule has 32 heavy (non-hydrogen) atoms. The molecule has 0 radical (unpaired) electrons. The van der Waals surface area contributed by atoms with Crippen LogP contribution >= 0.6 is 0 Å². The summed E-state index contributed by atoms with van der Waals surface area (Å²) in [4.78, 5) is 29.4. The normalized spacial score (nSPS) is 14.3. The summed E-state index contributed by atoms with van der Waals surface area (Å²) in [6.07, 6.45) is 1.52. The Morgan fingerprint density at radius 1 is 1.16 bits per heavy atom. The highest BCUT2D eigenvalue weighted by Crippen LogP contribution is 2.49. The fraction of sp³-hybridized carbons (Fsp3) is 0.125. The second kappa shape index (κ2) is 7.42. The van der Waals surface area contributed by atoms with Crippen LogP contribution in [-0.4, -0.2) is 28.3 Å². The second-order valence-corrected chi connectivity index (χ2v) is 7.37. The Kier molecular flexibility index (Phi) is 4.55. The molecule has 1 aliphatic heterocycles. The lowest BCUT2D eigenvalue weighted by Gasteiger charge is -2.27. The number of phenols is 2. The molecule has 0 saturated heterocycles. The molecule has 2 N–H and O–H groups in total. The average Bonchev–Trinajstić information content (AvgIpc) is 2.78. The predicted octanol–water partition coefficient (Wildman–Crippen LogP) is 4.07. The van der Waals surface area contributed by atoms with Crippen molar-refractivity contribution in [2.24, 2.45) is 0 Å². The number of methoxy groups -OCH3 is 1. The van der Waals surface area contributed by atoms with E-state index in [0.29, 0.717) is 22.6 Å². The highest BCUT2D eigenvalue weighted by Gasteiger charge is 2.34. The minimum absolute atomic E-state index is 0.0166. The van der Waals surface area contributed by atoms with Crippen molar-refractivity contribution >= 4 is 16.9 Å². The van der Waals surface area contributed by atoms with Crippen LogP contribution in [0.2, 0.25) is 0 Å². The Morgan fingerprint density at radius 2 is 1.94 bits per heavy atom. The van der Waals surface area contributed by atoms with Crippen molar-refractivity contribution in [2.75, 3.05) is 7.11 Å². The predicted molar refractivity (Wildman–Crippen MR) is 114 cm³/mol. The summed E-state index contributed by atoms with van der Waals surface area (Å²) in [7, 11) is 1.30. The standard InChI is InChI=1S/C24H17NO7/c1-30-20(29)9-15-14-3-2-8-25-24(14)32-19-11-17(28)22-16(27)10-18(31-23(22)21(15)19)12-4-6-13(26)7-5-12/h2-8,10-11,15,26,28H,9H2,1H3/t15-/m0/s1. The van der Waals surface area contributed by atoms with Gasteiger partial charge >= 0.3 is 5.97 Å². The lowest BCUT2D eigenvalue weighted by atomic mass is 9.85. The molecule has 0 unspecified atom stereocenters. The number of nitrogens with zero attached hydrogens (tertiary/aromatic N) is 1. The first-order valence-electron chi connectivity index (χ1n) is 9.79. The van der Waals surface area contributed by atoms with Gasteiger partial charge in [0, 0.05) is 40.9 Å². The molecule has 8 nitrogen and oxygen atoms in total. The molecule has 0 aliphatic carbocycles. The molecule has 3 heterocycles. The number of hydrogen-bond acceptors (Lipinski definition) is 8. The molecule has 2 aromatic carbocycles. The first-order valence-corrected chi connectivity index (χ1v) is 9.79. The van der Waals surface area contributed by atoms with E-state index in [0.717, 1.165) is 0 Å². The summed E-state index contributed by atoms with van der Waals surface area (Å²) >= 11 is 0. The molecule has 0 saturated carbocycles. The van der Waals surface area contributed by atoms with E-state index >= 15 is 0 Å². The van der Waals surface area contributed by atoms with Crippen molar-refractivity contribution in [3.63, 3.8) is 0 Å². The quantitative estimate of drug-likeness (QED) is 0.466. The molecule has 160 valence electrons. The molecule has 2 aromatic heterocycles. The number of aromatic hydroxyl groups is 2. The van der Waals surface area contributed by atoms with Gasteiger partial charge in [0.1, 0.15) is 34.0 Å². The summed E-state index contributed by atoms with van der Waals surface area (Å²) < 4.78 is 16.9. The number of hydrogen-bond donors (Lipinski definition) is 2. The molecule has 0 fully saturated rings. The largest absolute Gasteiger partial charge is 0.508 e. The van der Waals surface area contributed by atoms with Gasteiger partial charge in [0.05, 0.1) is 13.5 Å². The Labute approximate surface area is 181 Å². The first kappa shape index (κ1) is 19.6. The van der Waals surface area contributed by atoms with Crippen molar-refractivity contribution < 1.29 is 28.9 Å². The monoisotopic (exact) mass is 431 g/mol. The minimum Gasteiger partial charge on any atom is -0.508 e. The van der Waals surface area contributed by atoms with E-state index in [4.69, 9.17) is 13.9 Å². The fourth-order valence-corrected chi connectivity index (χ4v) is 3.97. The van der Waals surface area contributed by atoms with Gasteiger partial charge in [-0.3, -0.25) is 9.59 Å². The van der Waals surface area contributed by atoms with Gasteiger partial charge in [0.2, 0.25) is 5.88 Å². The third kappa shape index (κ3) is 3.13. The summed E-state index contributed by atoms with van der Waals surface area (Å²) in [6, 6.07) is 12.3. The molecule has 0 bridgehead atoms. The Bertz CT molecular complexity index is 1420. The zero-order valence-electron chi connectivity index (χ0n) is 16.9. The van der Waals surface area contributed by atoms with E-state index in [1.807, 2.05) is 0 Å². The molecular weight excluding hydrogens is 414 g/mol. The van der Waals surface area contributed by atoms with Crippen LogP contribution in [0.3, 0.4) is 0 Å². The van der Waals surface area contributed by atoms with Gasteiger partial charge < -0.3 is 24.1 Å². The third-order valence-electron chi connectivity index (χ3n) is 5.46. The third-order valence-corrected chi connectivity index (χ3v) is 5.46. The van der Waals surface area contributed by atoms with Gasteiger partial charge in [0.25, 0.3) is 0 Å². The lowest BCUT2D eigenvalue weighted by molar-refractivity contribution is -0.140. The van der Waals surface area contributed by atoms with Gasteiger partial charge in [-0.05, 0) is 30.3 Å². The van der Waals surface area contributed by atoms with Crippen LogP contribution in [0.25, 0.3) is 22.3 Å². The Hall–Kier alpha value is -4.33. The minimum atomic E-state index is -0.573. The number of aromatic nitrogens is 1. The smallest absolute Gasteiger partial charge is 0.306 e. The Balaban J connectivity index is 1.81. The maximum Gasteiger partial charge on any atom is 0.306 e. The maximum absolute atomic E-state index is 13.0. The summed E-state index contributed by atoms with van der Waals surface area (Å²) in [5, 5.41) is 20.1. The zero-order valence-corrected chi connectivity index (χ0v) is 16.9. The summed E-state index contributed by atoms with van der Waals surface area (Å²) in [6.45, 7) is 0. The molecule has 4 aromatic rings. The molecule has 5 rings (SSSR count). The second-order valence-electron chi connectivity index (χ2n) is 7.37. The van der Waals surface area contributed by atoms with Crippen LogP contribution in [0, 0.1) is 0 Å². The van der Waals surface area contributed by atoms with E-state index in [9.17, 15) is 19.8 Å². The van der Waals surface area contributed by atoms with Crippen molar-refractivity contribution in [3.05, 3.63) is 76.1 Å². The number of phenolic OH excluding ortho intramolecular Hbond substituents is 2. The first-order chi connectivity index (χ1) is 15.5. The number of carbonyl (C=O) groups is 1. The highest BCUT2D eigenvalue weighted by molar-refractivity contribution is 5.91. The molecule has 0 amide bonds. The van der Waals surface area contributed by atoms with Crippen LogP contribution in [0.15, 0.2) is 63.9 Å².